The average Bonchev–Trinajstić information content (AvgIpc) is 2.83. The van der Waals surface area contributed by atoms with Crippen LogP contribution in [0.3, 0.4) is 0 Å². The average molecular weight is 587 g/mol. The van der Waals surface area contributed by atoms with Crippen molar-refractivity contribution in [3.8, 4) is 11.5 Å². The first-order valence-electron chi connectivity index (χ1n) is 12.2. The highest BCUT2D eigenvalue weighted by Gasteiger charge is 2.36. The third kappa shape index (κ3) is 7.55. The minimum absolute atomic E-state index is 0.00760. The van der Waals surface area contributed by atoms with Crippen LogP contribution in [0.15, 0.2) is 47.4 Å². The fourth-order valence-corrected chi connectivity index (χ4v) is 6.06. The molecule has 0 spiro atoms. The molecule has 2 N–H and O–H groups in total. The third-order valence-corrected chi connectivity index (χ3v) is 8.34. The summed E-state index contributed by atoms with van der Waals surface area (Å²) in [7, 11) is 0.924. The molecule has 0 radical (unpaired) electrons. The Bertz CT molecular complexity index is 1260. The molecule has 3 atom stereocenters. The van der Waals surface area contributed by atoms with E-state index in [9.17, 15) is 27.5 Å². The molecule has 0 saturated heterocycles. The van der Waals surface area contributed by atoms with Gasteiger partial charge in [0, 0.05) is 24.9 Å². The molecule has 0 aromatic heterocycles. The van der Waals surface area contributed by atoms with Gasteiger partial charge < -0.3 is 19.9 Å². The van der Waals surface area contributed by atoms with Crippen LogP contribution < -0.4 is 19.1 Å². The number of rotatable bonds is 11. The van der Waals surface area contributed by atoms with E-state index < -0.39 is 33.2 Å². The second-order valence-corrected chi connectivity index (χ2v) is 13.2. The summed E-state index contributed by atoms with van der Waals surface area (Å²) in [5.41, 5.74) is 0.441. The van der Waals surface area contributed by atoms with E-state index in [1.165, 1.54) is 49.5 Å². The molecular formula is C25H33FN2O7P2S. The Hall–Kier alpha value is -2.48. The number of nitrogens with zero attached hydrogens (tertiary/aromatic N) is 1. The van der Waals surface area contributed by atoms with Gasteiger partial charge in [-0.1, -0.05) is 25.3 Å². The van der Waals surface area contributed by atoms with Crippen LogP contribution in [0.2, 0.25) is 0 Å². The molecule has 1 aliphatic rings. The van der Waals surface area contributed by atoms with Crippen LogP contribution in [0, 0.1) is 11.8 Å². The molecule has 1 fully saturated rings. The zero-order valence-electron chi connectivity index (χ0n) is 21.2. The second-order valence-electron chi connectivity index (χ2n) is 9.07. The Balaban J connectivity index is 1.88. The van der Waals surface area contributed by atoms with Crippen LogP contribution in [0.5, 0.6) is 11.5 Å². The highest BCUT2D eigenvalue weighted by molar-refractivity contribution is 7.92. The second kappa shape index (κ2) is 12.6. The van der Waals surface area contributed by atoms with Crippen molar-refractivity contribution in [1.29, 1.82) is 0 Å². The molecule has 2 aromatic rings. The molecule has 1 saturated carbocycles. The van der Waals surface area contributed by atoms with Crippen molar-refractivity contribution in [2.75, 3.05) is 23.3 Å². The molecule has 3 rings (SSSR count). The molecule has 38 heavy (non-hydrogen) atoms. The number of carbonyl (C=O) groups excluding carboxylic acids is 1. The van der Waals surface area contributed by atoms with E-state index in [1.54, 1.807) is 6.92 Å². The summed E-state index contributed by atoms with van der Waals surface area (Å²) in [6.07, 6.45) is 4.13. The van der Waals surface area contributed by atoms with Crippen molar-refractivity contribution in [2.45, 2.75) is 49.3 Å². The normalized spacial score (nSPS) is 15.4. The zero-order chi connectivity index (χ0) is 28.1. The zero-order valence-corrected chi connectivity index (χ0v) is 24.3. The third-order valence-electron chi connectivity index (χ3n) is 6.27. The van der Waals surface area contributed by atoms with Crippen LogP contribution >= 0.6 is 18.5 Å². The molecule has 0 bridgehead atoms. The van der Waals surface area contributed by atoms with E-state index in [0.29, 0.717) is 12.8 Å². The van der Waals surface area contributed by atoms with Gasteiger partial charge in [-0.3, -0.25) is 13.9 Å². The topological polar surface area (TPSA) is 122 Å². The number of halogens is 1. The highest BCUT2D eigenvalue weighted by Crippen LogP contribution is 2.36. The first kappa shape index (κ1) is 30.1. The molecule has 2 aromatic carbocycles. The number of amides is 1. The van der Waals surface area contributed by atoms with Crippen molar-refractivity contribution in [3.63, 3.8) is 0 Å². The number of carbonyl (C=O) groups is 2. The van der Waals surface area contributed by atoms with Crippen molar-refractivity contribution >= 4 is 51.8 Å². The summed E-state index contributed by atoms with van der Waals surface area (Å²) in [4.78, 5) is 24.7. The van der Waals surface area contributed by atoms with Crippen LogP contribution in [-0.4, -0.2) is 44.4 Å². The minimum atomic E-state index is -4.16. The summed E-state index contributed by atoms with van der Waals surface area (Å²) in [5.74, 6) is -3.16. The maximum atomic E-state index is 13.9. The number of hydrogen-bond acceptors (Lipinski definition) is 6. The van der Waals surface area contributed by atoms with Gasteiger partial charge in [-0.05, 0) is 68.4 Å². The van der Waals surface area contributed by atoms with Gasteiger partial charge in [-0.15, -0.1) is 0 Å². The molecule has 0 heterocycles. The number of carboxylic acid groups (broad SMARTS) is 1. The Labute approximate surface area is 226 Å². The first-order valence-corrected chi connectivity index (χ1v) is 14.8. The quantitative estimate of drug-likeness (QED) is 0.285. The van der Waals surface area contributed by atoms with Crippen molar-refractivity contribution in [3.05, 3.63) is 42.5 Å². The number of nitrogens with one attached hydrogen (secondary N) is 1. The maximum absolute atomic E-state index is 13.9. The summed E-state index contributed by atoms with van der Waals surface area (Å²) >= 11 is 0. The number of benzene rings is 2. The Kier molecular flexibility index (Phi) is 9.96. The molecule has 3 unspecified atom stereocenters. The lowest BCUT2D eigenvalue weighted by atomic mass is 9.79. The van der Waals surface area contributed by atoms with E-state index in [0.717, 1.165) is 23.6 Å². The standard InChI is InChI=1S/C25H33FN2O7P2S/c1-3-34-20-14-17(27-23(29)22(24(30)31)16-8-5-4-6-9-16)12-13-21(20)38(32,33)28(2)18-10-7-11-19(15-18)35-25(26,36)37/h7,10-16,22H,3-6,8-9,36-37H2,1-2H3,(H,27,29)(H,30,31). The predicted octanol–water partition coefficient (Wildman–Crippen LogP) is 4.84. The smallest absolute Gasteiger partial charge is 0.316 e. The van der Waals surface area contributed by atoms with E-state index in [1.807, 2.05) is 18.5 Å². The Morgan fingerprint density at radius 3 is 2.47 bits per heavy atom. The van der Waals surface area contributed by atoms with Gasteiger partial charge in [0.1, 0.15) is 22.3 Å². The molecule has 9 nitrogen and oxygen atoms in total. The SMILES string of the molecule is CCOc1cc(NC(=O)C(C(=O)O)C2CCCCC2)ccc1S(=O)(=O)N(C)c1cccc(OC(F)(P)P)c1. The maximum Gasteiger partial charge on any atom is 0.316 e. The lowest BCUT2D eigenvalue weighted by molar-refractivity contribution is -0.148. The van der Waals surface area contributed by atoms with Gasteiger partial charge >= 0.3 is 5.97 Å². The van der Waals surface area contributed by atoms with Crippen molar-refractivity contribution in [1.82, 2.24) is 0 Å². The van der Waals surface area contributed by atoms with Gasteiger partial charge in [-0.2, -0.15) is 4.39 Å². The molecule has 1 amide bonds. The van der Waals surface area contributed by atoms with E-state index in [4.69, 9.17) is 9.47 Å². The van der Waals surface area contributed by atoms with E-state index in [-0.39, 0.29) is 40.3 Å². The van der Waals surface area contributed by atoms with Gasteiger partial charge in [0.2, 0.25) is 5.91 Å². The summed E-state index contributed by atoms with van der Waals surface area (Å²) in [6, 6.07) is 9.98. The molecule has 0 aliphatic heterocycles. The van der Waals surface area contributed by atoms with Gasteiger partial charge in [0.05, 0.1) is 12.3 Å². The number of sulfonamides is 1. The fourth-order valence-electron chi connectivity index (χ4n) is 4.49. The number of hydrogen-bond donors (Lipinski definition) is 2. The molecule has 208 valence electrons. The fraction of sp³-hybridized carbons (Fsp3) is 0.440. The molecule has 13 heteroatoms. The van der Waals surface area contributed by atoms with Crippen molar-refractivity contribution in [2.24, 2.45) is 11.8 Å². The van der Waals surface area contributed by atoms with Crippen LogP contribution in [0.25, 0.3) is 0 Å². The number of anilines is 2. The van der Waals surface area contributed by atoms with Crippen LogP contribution in [0.4, 0.5) is 15.8 Å². The minimum Gasteiger partial charge on any atom is -0.492 e. The number of aliphatic carboxylic acids is 1. The monoisotopic (exact) mass is 586 g/mol. The predicted molar refractivity (Wildman–Crippen MR) is 150 cm³/mol. The lowest BCUT2D eigenvalue weighted by Gasteiger charge is -2.27. The molecule has 1 aliphatic carbocycles. The summed E-state index contributed by atoms with van der Waals surface area (Å²) in [5, 5.41) is 10.2. The number of alkyl halides is 1. The Morgan fingerprint density at radius 1 is 1.18 bits per heavy atom. The number of ether oxygens (including phenoxy) is 2. The Morgan fingerprint density at radius 2 is 1.87 bits per heavy atom. The summed E-state index contributed by atoms with van der Waals surface area (Å²) < 4.78 is 52.6. The number of carboxylic acids is 1. The summed E-state index contributed by atoms with van der Waals surface area (Å²) in [6.45, 7) is 1.83. The van der Waals surface area contributed by atoms with Crippen LogP contribution in [-0.2, 0) is 19.6 Å². The van der Waals surface area contributed by atoms with Crippen LogP contribution in [0.1, 0.15) is 39.0 Å². The lowest BCUT2D eigenvalue weighted by Crippen LogP contribution is -2.36. The van der Waals surface area contributed by atoms with Gasteiger partial charge in [-0.25, -0.2) is 8.42 Å². The van der Waals surface area contributed by atoms with E-state index in [2.05, 4.69) is 5.32 Å². The molecular weight excluding hydrogens is 553 g/mol. The largest absolute Gasteiger partial charge is 0.492 e. The van der Waals surface area contributed by atoms with Crippen molar-refractivity contribution < 1.29 is 37.0 Å². The first-order chi connectivity index (χ1) is 17.8. The highest BCUT2D eigenvalue weighted by atomic mass is 32.2. The van der Waals surface area contributed by atoms with E-state index >= 15 is 0 Å². The van der Waals surface area contributed by atoms with Gasteiger partial charge in [0.25, 0.3) is 15.4 Å². The van der Waals surface area contributed by atoms with Gasteiger partial charge in [0.15, 0.2) is 0 Å².